The lowest BCUT2D eigenvalue weighted by atomic mass is 9.78. The van der Waals surface area contributed by atoms with E-state index in [4.69, 9.17) is 9.47 Å². The van der Waals surface area contributed by atoms with E-state index in [0.29, 0.717) is 31.2 Å². The zero-order valence-corrected chi connectivity index (χ0v) is 21.4. The molecule has 196 valence electrons. The Kier molecular flexibility index (Phi) is 8.91. The number of halogens is 3. The van der Waals surface area contributed by atoms with E-state index in [-0.39, 0.29) is 17.2 Å². The Morgan fingerprint density at radius 3 is 2.22 bits per heavy atom. The molecule has 3 nitrogen and oxygen atoms in total. The van der Waals surface area contributed by atoms with Crippen molar-refractivity contribution in [3.8, 4) is 22.6 Å². The van der Waals surface area contributed by atoms with Crippen LogP contribution in [-0.4, -0.2) is 13.1 Å². The number of benzene rings is 3. The van der Waals surface area contributed by atoms with Gasteiger partial charge in [-0.05, 0) is 85.4 Å². The highest BCUT2D eigenvalue weighted by molar-refractivity contribution is 5.76. The van der Waals surface area contributed by atoms with Crippen molar-refractivity contribution in [2.75, 3.05) is 7.11 Å². The molecule has 0 spiro atoms. The number of carbonyl (C=O) groups is 1. The largest absolute Gasteiger partial charge is 0.494 e. The third-order valence-corrected chi connectivity index (χ3v) is 7.30. The van der Waals surface area contributed by atoms with Gasteiger partial charge in [0.2, 0.25) is 5.82 Å². The number of esters is 1. The van der Waals surface area contributed by atoms with Gasteiger partial charge in [0.15, 0.2) is 23.1 Å². The molecule has 0 unspecified atom stereocenters. The normalized spacial score (nSPS) is 17.4. The van der Waals surface area contributed by atoms with Gasteiger partial charge in [0, 0.05) is 5.56 Å². The predicted molar refractivity (Wildman–Crippen MR) is 138 cm³/mol. The van der Waals surface area contributed by atoms with Crippen molar-refractivity contribution in [2.24, 2.45) is 5.92 Å². The molecule has 4 rings (SSSR count). The summed E-state index contributed by atoms with van der Waals surface area (Å²) in [5.41, 5.74) is 2.73. The second-order valence-corrected chi connectivity index (χ2v) is 9.76. The molecule has 0 atom stereocenters. The number of hydrogen-bond acceptors (Lipinski definition) is 3. The summed E-state index contributed by atoms with van der Waals surface area (Å²) in [5, 5.41) is 0. The molecule has 0 bridgehead atoms. The number of ether oxygens (including phenoxy) is 2. The van der Waals surface area contributed by atoms with Crippen molar-refractivity contribution >= 4 is 5.97 Å². The maximum absolute atomic E-state index is 14.9. The van der Waals surface area contributed by atoms with Crippen LogP contribution in [0.1, 0.15) is 68.9 Å². The van der Waals surface area contributed by atoms with Crippen LogP contribution in [0.4, 0.5) is 13.2 Å². The lowest BCUT2D eigenvalue weighted by molar-refractivity contribution is -0.140. The number of hydrogen-bond donors (Lipinski definition) is 0. The number of unbranched alkanes of at least 4 members (excludes halogenated alkanes) is 2. The number of methoxy groups -OCH3 is 1. The number of carbonyl (C=O) groups excluding carboxylic acids is 1. The van der Waals surface area contributed by atoms with Gasteiger partial charge < -0.3 is 9.47 Å². The molecular weight excluding hydrogens is 477 g/mol. The van der Waals surface area contributed by atoms with E-state index in [2.05, 4.69) is 6.92 Å². The van der Waals surface area contributed by atoms with Crippen LogP contribution in [0.3, 0.4) is 0 Å². The van der Waals surface area contributed by atoms with Crippen LogP contribution in [0.25, 0.3) is 11.1 Å². The number of rotatable bonds is 9. The van der Waals surface area contributed by atoms with Gasteiger partial charge in [-0.2, -0.15) is 4.39 Å². The first-order chi connectivity index (χ1) is 17.9. The van der Waals surface area contributed by atoms with Crippen molar-refractivity contribution in [1.82, 2.24) is 0 Å². The molecule has 3 aromatic rings. The summed E-state index contributed by atoms with van der Waals surface area (Å²) in [6.07, 6.45) is 6.77. The highest BCUT2D eigenvalue weighted by Crippen LogP contribution is 2.38. The monoisotopic (exact) mass is 510 g/mol. The van der Waals surface area contributed by atoms with Crippen LogP contribution >= 0.6 is 0 Å². The molecular formula is C31H33F3O3. The molecule has 1 aliphatic rings. The first kappa shape index (κ1) is 26.8. The molecule has 37 heavy (non-hydrogen) atoms. The molecule has 0 heterocycles. The van der Waals surface area contributed by atoms with Gasteiger partial charge in [-0.15, -0.1) is 0 Å². The van der Waals surface area contributed by atoms with Crippen molar-refractivity contribution in [1.29, 1.82) is 0 Å². The topological polar surface area (TPSA) is 35.5 Å². The van der Waals surface area contributed by atoms with Gasteiger partial charge in [0.05, 0.1) is 13.0 Å². The third kappa shape index (κ3) is 6.35. The minimum Gasteiger partial charge on any atom is -0.494 e. The standard InChI is InChI=1S/C31H33F3O3/c1-3-4-5-6-20-7-9-22(10-8-20)25-16-18-28(30(34)29(25)33)37-31(35)23-13-11-21(12-14-23)24-15-17-27(36-2)26(32)19-24/h7-10,15-19,21,23H,3-6,11-14H2,1-2H3. The van der Waals surface area contributed by atoms with Gasteiger partial charge in [0.25, 0.3) is 0 Å². The van der Waals surface area contributed by atoms with Gasteiger partial charge in [0.1, 0.15) is 0 Å². The van der Waals surface area contributed by atoms with Crippen LogP contribution < -0.4 is 9.47 Å². The first-order valence-corrected chi connectivity index (χ1v) is 13.0. The minimum atomic E-state index is -1.17. The maximum Gasteiger partial charge on any atom is 0.314 e. The van der Waals surface area contributed by atoms with Crippen LogP contribution in [0, 0.1) is 23.4 Å². The molecule has 0 aromatic heterocycles. The summed E-state index contributed by atoms with van der Waals surface area (Å²) in [6.45, 7) is 2.15. The lowest BCUT2D eigenvalue weighted by Crippen LogP contribution is -2.25. The van der Waals surface area contributed by atoms with E-state index in [1.807, 2.05) is 18.2 Å². The van der Waals surface area contributed by atoms with Crippen LogP contribution in [0.2, 0.25) is 0 Å². The van der Waals surface area contributed by atoms with Crippen LogP contribution in [0.15, 0.2) is 54.6 Å². The quantitative estimate of drug-likeness (QED) is 0.165. The Hall–Kier alpha value is -3.28. The fourth-order valence-corrected chi connectivity index (χ4v) is 5.05. The maximum atomic E-state index is 14.9. The predicted octanol–water partition coefficient (Wildman–Crippen LogP) is 8.39. The fraction of sp³-hybridized carbons (Fsp3) is 0.387. The first-order valence-electron chi connectivity index (χ1n) is 13.0. The molecule has 1 saturated carbocycles. The molecule has 3 aromatic carbocycles. The van der Waals surface area contributed by atoms with Crippen molar-refractivity contribution in [3.63, 3.8) is 0 Å². The minimum absolute atomic E-state index is 0.121. The SMILES string of the molecule is CCCCCc1ccc(-c2ccc(OC(=O)C3CCC(c4ccc(OC)c(F)c4)CC3)c(F)c2F)cc1. The lowest BCUT2D eigenvalue weighted by Gasteiger charge is -2.27. The zero-order valence-electron chi connectivity index (χ0n) is 21.4. The highest BCUT2D eigenvalue weighted by atomic mass is 19.2. The van der Waals surface area contributed by atoms with E-state index >= 15 is 0 Å². The van der Waals surface area contributed by atoms with E-state index in [1.54, 1.807) is 18.2 Å². The summed E-state index contributed by atoms with van der Waals surface area (Å²) in [5.74, 6) is -3.68. The average molecular weight is 511 g/mol. The summed E-state index contributed by atoms with van der Waals surface area (Å²) >= 11 is 0. The van der Waals surface area contributed by atoms with E-state index in [0.717, 1.165) is 36.8 Å². The van der Waals surface area contributed by atoms with Crippen molar-refractivity contribution < 1.29 is 27.4 Å². The molecule has 0 saturated heterocycles. The molecule has 0 aliphatic heterocycles. The molecule has 6 heteroatoms. The van der Waals surface area contributed by atoms with E-state index in [9.17, 15) is 18.0 Å². The van der Waals surface area contributed by atoms with E-state index < -0.39 is 35.1 Å². The molecule has 1 aliphatic carbocycles. The Bertz CT molecular complexity index is 1220. The summed E-state index contributed by atoms with van der Waals surface area (Å²) in [7, 11) is 1.42. The molecule has 0 N–H and O–H groups in total. The van der Waals surface area contributed by atoms with Crippen LogP contribution in [0.5, 0.6) is 11.5 Å². The number of aryl methyl sites for hydroxylation is 1. The summed E-state index contributed by atoms with van der Waals surface area (Å²) in [6, 6.07) is 15.1. The Morgan fingerprint density at radius 1 is 0.865 bits per heavy atom. The van der Waals surface area contributed by atoms with Gasteiger partial charge in [-0.1, -0.05) is 50.1 Å². The summed E-state index contributed by atoms with van der Waals surface area (Å²) in [4.78, 5) is 12.7. The van der Waals surface area contributed by atoms with Crippen LogP contribution in [-0.2, 0) is 11.2 Å². The van der Waals surface area contributed by atoms with Gasteiger partial charge in [-0.3, -0.25) is 4.79 Å². The Balaban J connectivity index is 1.37. The average Bonchev–Trinajstić information content (AvgIpc) is 2.92. The van der Waals surface area contributed by atoms with Gasteiger partial charge >= 0.3 is 5.97 Å². The van der Waals surface area contributed by atoms with E-state index in [1.165, 1.54) is 25.3 Å². The van der Waals surface area contributed by atoms with Gasteiger partial charge in [-0.25, -0.2) is 8.78 Å². The summed E-state index contributed by atoms with van der Waals surface area (Å²) < 4.78 is 54.1. The second-order valence-electron chi connectivity index (χ2n) is 9.76. The molecule has 0 radical (unpaired) electrons. The smallest absolute Gasteiger partial charge is 0.314 e. The molecule has 0 amide bonds. The highest BCUT2D eigenvalue weighted by Gasteiger charge is 2.30. The Morgan fingerprint density at radius 2 is 1.57 bits per heavy atom. The third-order valence-electron chi connectivity index (χ3n) is 7.30. The van der Waals surface area contributed by atoms with Crippen molar-refractivity contribution in [2.45, 2.75) is 64.2 Å². The second kappa shape index (κ2) is 12.3. The zero-order chi connectivity index (χ0) is 26.4. The Labute approximate surface area is 216 Å². The fourth-order valence-electron chi connectivity index (χ4n) is 5.05. The van der Waals surface area contributed by atoms with Crippen molar-refractivity contribution in [3.05, 3.63) is 83.2 Å². The molecule has 1 fully saturated rings.